The Balaban J connectivity index is 2.35. The Labute approximate surface area is 129 Å². The summed E-state index contributed by atoms with van der Waals surface area (Å²) in [4.78, 5) is 4.33. The van der Waals surface area contributed by atoms with Gasteiger partial charge < -0.3 is 0 Å². The summed E-state index contributed by atoms with van der Waals surface area (Å²) < 4.78 is 15.3. The van der Waals surface area contributed by atoms with Crippen molar-refractivity contribution in [3.05, 3.63) is 58.1 Å². The highest BCUT2D eigenvalue weighted by atomic mass is 35.5. The summed E-state index contributed by atoms with van der Waals surface area (Å²) in [5, 5.41) is 0.639. The van der Waals surface area contributed by atoms with Crippen molar-refractivity contribution in [1.29, 1.82) is 0 Å². The minimum absolute atomic E-state index is 0.0433. The molecule has 0 N–H and O–H groups in total. The first-order valence-corrected chi connectivity index (χ1v) is 7.07. The van der Waals surface area contributed by atoms with Gasteiger partial charge in [-0.2, -0.15) is 0 Å². The lowest BCUT2D eigenvalue weighted by atomic mass is 10.2. The monoisotopic (exact) mass is 328 g/mol. The Bertz CT molecular complexity index is 798. The van der Waals surface area contributed by atoms with Gasteiger partial charge in [0.2, 0.25) is 0 Å². The van der Waals surface area contributed by atoms with Crippen LogP contribution in [0.3, 0.4) is 0 Å². The smallest absolute Gasteiger partial charge is 0.144 e. The molecule has 6 heteroatoms. The maximum Gasteiger partial charge on any atom is 0.144 e. The number of hydrogen-bond donors (Lipinski definition) is 0. The van der Waals surface area contributed by atoms with Crippen molar-refractivity contribution < 1.29 is 4.39 Å². The second-order valence-corrected chi connectivity index (χ2v) is 5.34. The first-order chi connectivity index (χ1) is 9.60. The summed E-state index contributed by atoms with van der Waals surface area (Å²) in [5.74, 6) is 0.294. The molecular formula is C14H8Cl3FN2. The van der Waals surface area contributed by atoms with Crippen molar-refractivity contribution in [3.8, 4) is 5.69 Å². The summed E-state index contributed by atoms with van der Waals surface area (Å²) >= 11 is 17.8. The fourth-order valence-electron chi connectivity index (χ4n) is 2.12. The fraction of sp³-hybridized carbons (Fsp3) is 0.0714. The van der Waals surface area contributed by atoms with E-state index in [0.29, 0.717) is 21.9 Å². The van der Waals surface area contributed by atoms with Crippen LogP contribution in [0, 0.1) is 5.82 Å². The third kappa shape index (κ3) is 2.26. The molecule has 0 aliphatic rings. The maximum absolute atomic E-state index is 13.5. The van der Waals surface area contributed by atoms with Crippen LogP contribution in [0.4, 0.5) is 4.39 Å². The topological polar surface area (TPSA) is 17.8 Å². The predicted molar refractivity (Wildman–Crippen MR) is 80.6 cm³/mol. The lowest BCUT2D eigenvalue weighted by molar-refractivity contribution is 0.630. The first-order valence-electron chi connectivity index (χ1n) is 5.78. The van der Waals surface area contributed by atoms with E-state index < -0.39 is 5.82 Å². The Morgan fingerprint density at radius 1 is 1.15 bits per heavy atom. The van der Waals surface area contributed by atoms with E-state index in [4.69, 9.17) is 34.8 Å². The molecule has 0 aliphatic carbocycles. The van der Waals surface area contributed by atoms with Crippen LogP contribution in [-0.2, 0) is 5.88 Å². The number of fused-ring (bicyclic) bond motifs is 1. The van der Waals surface area contributed by atoms with Gasteiger partial charge in [0.05, 0.1) is 21.9 Å². The Kier molecular flexibility index (Phi) is 3.59. The molecule has 0 unspecified atom stereocenters. The molecule has 0 saturated carbocycles. The normalized spacial score (nSPS) is 11.2. The van der Waals surface area contributed by atoms with Gasteiger partial charge in [0.15, 0.2) is 0 Å². The molecule has 2 nitrogen and oxygen atoms in total. The van der Waals surface area contributed by atoms with Crippen LogP contribution >= 0.6 is 34.8 Å². The number of rotatable bonds is 2. The van der Waals surface area contributed by atoms with Gasteiger partial charge in [0.25, 0.3) is 0 Å². The number of alkyl halides is 1. The van der Waals surface area contributed by atoms with Gasteiger partial charge in [-0.25, -0.2) is 9.37 Å². The third-order valence-corrected chi connectivity index (χ3v) is 3.72. The zero-order valence-electron chi connectivity index (χ0n) is 10.1. The number of imidazole rings is 1. The minimum Gasteiger partial charge on any atom is -0.295 e. The van der Waals surface area contributed by atoms with Crippen molar-refractivity contribution in [3.63, 3.8) is 0 Å². The Hall–Kier alpha value is -1.29. The largest absolute Gasteiger partial charge is 0.295 e. The zero-order valence-corrected chi connectivity index (χ0v) is 12.3. The summed E-state index contributed by atoms with van der Waals surface area (Å²) in [7, 11) is 0. The average molecular weight is 330 g/mol. The first kappa shape index (κ1) is 13.7. The van der Waals surface area contributed by atoms with Gasteiger partial charge in [-0.1, -0.05) is 29.3 Å². The van der Waals surface area contributed by atoms with E-state index >= 15 is 0 Å². The molecule has 1 heterocycles. The summed E-state index contributed by atoms with van der Waals surface area (Å²) in [6, 6.07) is 10.1. The summed E-state index contributed by atoms with van der Waals surface area (Å²) in [6.07, 6.45) is 0. The van der Waals surface area contributed by atoms with Crippen molar-refractivity contribution in [1.82, 2.24) is 9.55 Å². The quantitative estimate of drug-likeness (QED) is 0.590. The van der Waals surface area contributed by atoms with E-state index in [2.05, 4.69) is 4.98 Å². The van der Waals surface area contributed by atoms with Gasteiger partial charge in [0.1, 0.15) is 11.6 Å². The Morgan fingerprint density at radius 3 is 2.65 bits per heavy atom. The molecule has 1 aromatic heterocycles. The van der Waals surface area contributed by atoms with E-state index in [9.17, 15) is 4.39 Å². The van der Waals surface area contributed by atoms with Gasteiger partial charge in [-0.15, -0.1) is 11.6 Å². The van der Waals surface area contributed by atoms with Crippen LogP contribution in [0.25, 0.3) is 16.7 Å². The van der Waals surface area contributed by atoms with Gasteiger partial charge in [0, 0.05) is 16.8 Å². The highest BCUT2D eigenvalue weighted by Gasteiger charge is 2.14. The number of hydrogen-bond acceptors (Lipinski definition) is 1. The lowest BCUT2D eigenvalue weighted by Crippen LogP contribution is -1.99. The molecule has 0 radical (unpaired) electrons. The standard InChI is InChI=1S/C14H8Cl3FN2/c15-7-14-19-12-6-11(18)10(17)5-13(12)20(14)9-3-1-2-8(16)4-9/h1-6H,7H2. The molecule has 2 aromatic carbocycles. The van der Waals surface area contributed by atoms with Crippen LogP contribution in [0.1, 0.15) is 5.82 Å². The fourth-order valence-corrected chi connectivity index (χ4v) is 2.64. The molecule has 3 rings (SSSR count). The van der Waals surface area contributed by atoms with Crippen molar-refractivity contribution in [2.75, 3.05) is 0 Å². The molecule has 102 valence electrons. The zero-order chi connectivity index (χ0) is 14.3. The molecule has 3 aromatic rings. The van der Waals surface area contributed by atoms with E-state index in [-0.39, 0.29) is 10.9 Å². The number of halogens is 4. The predicted octanol–water partition coefficient (Wildman–Crippen LogP) is 5.21. The van der Waals surface area contributed by atoms with Crippen LogP contribution in [-0.4, -0.2) is 9.55 Å². The molecule has 0 aliphatic heterocycles. The number of nitrogens with zero attached hydrogens (tertiary/aromatic N) is 2. The molecule has 20 heavy (non-hydrogen) atoms. The number of aromatic nitrogens is 2. The maximum atomic E-state index is 13.5. The van der Waals surface area contributed by atoms with Crippen LogP contribution in [0.2, 0.25) is 10.0 Å². The highest BCUT2D eigenvalue weighted by molar-refractivity contribution is 6.31. The summed E-state index contributed by atoms with van der Waals surface area (Å²) in [5.41, 5.74) is 2.00. The third-order valence-electron chi connectivity index (χ3n) is 2.95. The van der Waals surface area contributed by atoms with Crippen LogP contribution in [0.15, 0.2) is 36.4 Å². The molecule has 0 spiro atoms. The van der Waals surface area contributed by atoms with E-state index in [1.165, 1.54) is 12.1 Å². The Morgan fingerprint density at radius 2 is 1.95 bits per heavy atom. The minimum atomic E-state index is -0.504. The van der Waals surface area contributed by atoms with E-state index in [1.54, 1.807) is 12.1 Å². The van der Waals surface area contributed by atoms with Crippen molar-refractivity contribution >= 4 is 45.8 Å². The molecule has 0 fully saturated rings. The molecule has 0 amide bonds. The lowest BCUT2D eigenvalue weighted by Gasteiger charge is -2.08. The van der Waals surface area contributed by atoms with Crippen molar-refractivity contribution in [2.24, 2.45) is 0 Å². The molecule has 0 atom stereocenters. The van der Waals surface area contributed by atoms with Crippen molar-refractivity contribution in [2.45, 2.75) is 5.88 Å². The SMILES string of the molecule is Fc1cc2nc(CCl)n(-c3cccc(Cl)c3)c2cc1Cl. The summed E-state index contributed by atoms with van der Waals surface area (Å²) in [6.45, 7) is 0. The van der Waals surface area contributed by atoms with Crippen LogP contribution < -0.4 is 0 Å². The molecular weight excluding hydrogens is 322 g/mol. The second kappa shape index (κ2) is 5.24. The average Bonchev–Trinajstić information content (AvgIpc) is 2.77. The molecule has 0 saturated heterocycles. The number of benzene rings is 2. The second-order valence-electron chi connectivity index (χ2n) is 4.23. The van der Waals surface area contributed by atoms with Gasteiger partial charge in [-0.3, -0.25) is 4.57 Å². The highest BCUT2D eigenvalue weighted by Crippen LogP contribution is 2.28. The van der Waals surface area contributed by atoms with Gasteiger partial charge in [-0.05, 0) is 24.3 Å². The van der Waals surface area contributed by atoms with Crippen LogP contribution in [0.5, 0.6) is 0 Å². The van der Waals surface area contributed by atoms with Gasteiger partial charge >= 0.3 is 0 Å². The van der Waals surface area contributed by atoms with E-state index in [0.717, 1.165) is 5.69 Å². The van der Waals surface area contributed by atoms with E-state index in [1.807, 2.05) is 16.7 Å². The molecule has 0 bridgehead atoms.